The first-order valence-electron chi connectivity index (χ1n) is 8.63. The molecule has 1 aliphatic rings. The second kappa shape index (κ2) is 7.06. The van der Waals surface area contributed by atoms with Gasteiger partial charge < -0.3 is 14.8 Å². The Morgan fingerprint density at radius 1 is 1.04 bits per heavy atom. The number of amides is 1. The van der Waals surface area contributed by atoms with E-state index in [1.54, 1.807) is 18.2 Å². The monoisotopic (exact) mass is 391 g/mol. The number of aromatic amines is 1. The summed E-state index contributed by atoms with van der Waals surface area (Å²) in [5.74, 6) is 0.0924. The van der Waals surface area contributed by atoms with Gasteiger partial charge in [-0.2, -0.15) is 18.3 Å². The van der Waals surface area contributed by atoms with Gasteiger partial charge in [-0.25, -0.2) is 0 Å². The van der Waals surface area contributed by atoms with E-state index in [1.807, 2.05) is 0 Å². The van der Waals surface area contributed by atoms with Crippen LogP contribution in [0.25, 0.3) is 22.2 Å². The Morgan fingerprint density at radius 3 is 2.71 bits per heavy atom. The average molecular weight is 391 g/mol. The van der Waals surface area contributed by atoms with Gasteiger partial charge in [-0.3, -0.25) is 9.89 Å². The first-order valence-corrected chi connectivity index (χ1v) is 8.63. The molecule has 2 heterocycles. The number of rotatable bonds is 0. The Bertz CT molecular complexity index is 1030. The van der Waals surface area contributed by atoms with Crippen LogP contribution < -0.4 is 14.8 Å². The third kappa shape index (κ3) is 3.73. The van der Waals surface area contributed by atoms with E-state index < -0.39 is 17.6 Å². The number of benzene rings is 2. The maximum atomic E-state index is 13.4. The van der Waals surface area contributed by atoms with E-state index in [-0.39, 0.29) is 17.9 Å². The highest BCUT2D eigenvalue weighted by Gasteiger charge is 2.32. The lowest BCUT2D eigenvalue weighted by Gasteiger charge is -2.13. The molecule has 6 nitrogen and oxygen atoms in total. The van der Waals surface area contributed by atoms with Crippen LogP contribution in [0.3, 0.4) is 0 Å². The largest absolute Gasteiger partial charge is 0.494 e. The Morgan fingerprint density at radius 2 is 1.89 bits per heavy atom. The molecular weight excluding hydrogens is 375 g/mol. The van der Waals surface area contributed by atoms with Crippen molar-refractivity contribution in [3.05, 3.63) is 42.0 Å². The first kappa shape index (κ1) is 18.1. The summed E-state index contributed by atoms with van der Waals surface area (Å²) < 4.78 is 51.1. The summed E-state index contributed by atoms with van der Waals surface area (Å²) >= 11 is 0. The number of nitrogens with one attached hydrogen (secondary N) is 2. The Hall–Kier alpha value is -3.23. The van der Waals surface area contributed by atoms with E-state index in [9.17, 15) is 18.0 Å². The SMILES string of the molecule is O=C1COc2cc(cc(C(F)(F)F)c2)-c2n[nH]c3ccc(cc23)OCCCN1. The normalized spacial score (nSPS) is 15.3. The summed E-state index contributed by atoms with van der Waals surface area (Å²) in [5.41, 5.74) is 0.357. The van der Waals surface area contributed by atoms with Crippen LogP contribution in [0.5, 0.6) is 11.5 Å². The fourth-order valence-electron chi connectivity index (χ4n) is 2.98. The van der Waals surface area contributed by atoms with Crippen molar-refractivity contribution in [1.82, 2.24) is 15.5 Å². The molecular formula is C19H16F3N3O3. The lowest BCUT2D eigenvalue weighted by molar-refractivity contribution is -0.137. The van der Waals surface area contributed by atoms with Crippen LogP contribution in [-0.2, 0) is 11.0 Å². The predicted molar refractivity (Wildman–Crippen MR) is 95.1 cm³/mol. The molecule has 0 atom stereocenters. The summed E-state index contributed by atoms with van der Waals surface area (Å²) in [4.78, 5) is 11.8. The summed E-state index contributed by atoms with van der Waals surface area (Å²) in [6.07, 6.45) is -3.99. The van der Waals surface area contributed by atoms with Crippen molar-refractivity contribution in [2.24, 2.45) is 0 Å². The molecule has 4 bridgehead atoms. The van der Waals surface area contributed by atoms with E-state index >= 15 is 0 Å². The van der Waals surface area contributed by atoms with Gasteiger partial charge in [0.25, 0.3) is 5.91 Å². The highest BCUT2D eigenvalue weighted by atomic mass is 19.4. The van der Waals surface area contributed by atoms with Gasteiger partial charge in [0, 0.05) is 17.5 Å². The minimum absolute atomic E-state index is 0.0570. The zero-order valence-electron chi connectivity index (χ0n) is 14.6. The molecule has 1 amide bonds. The number of hydrogen-bond acceptors (Lipinski definition) is 4. The molecule has 0 spiro atoms. The molecule has 0 unspecified atom stereocenters. The van der Waals surface area contributed by atoms with Gasteiger partial charge in [0.05, 0.1) is 17.7 Å². The van der Waals surface area contributed by atoms with Gasteiger partial charge in [0.1, 0.15) is 17.2 Å². The summed E-state index contributed by atoms with van der Waals surface area (Å²) in [6, 6.07) is 8.55. The third-order valence-electron chi connectivity index (χ3n) is 4.32. The molecule has 1 aromatic heterocycles. The van der Waals surface area contributed by atoms with Crippen molar-refractivity contribution >= 4 is 16.8 Å². The molecule has 28 heavy (non-hydrogen) atoms. The molecule has 146 valence electrons. The van der Waals surface area contributed by atoms with Crippen LogP contribution in [0.15, 0.2) is 36.4 Å². The van der Waals surface area contributed by atoms with E-state index in [0.29, 0.717) is 41.9 Å². The number of aromatic nitrogens is 2. The topological polar surface area (TPSA) is 76.2 Å². The van der Waals surface area contributed by atoms with Crippen LogP contribution in [0, 0.1) is 0 Å². The molecule has 2 aromatic carbocycles. The molecule has 2 N–H and O–H groups in total. The van der Waals surface area contributed by atoms with Crippen LogP contribution in [0.1, 0.15) is 12.0 Å². The van der Waals surface area contributed by atoms with E-state index in [0.717, 1.165) is 12.1 Å². The fourth-order valence-corrected chi connectivity index (χ4v) is 2.98. The number of hydrogen-bond donors (Lipinski definition) is 2. The molecule has 0 saturated carbocycles. The van der Waals surface area contributed by atoms with Gasteiger partial charge in [-0.1, -0.05) is 0 Å². The number of ether oxygens (including phenoxy) is 2. The summed E-state index contributed by atoms with van der Waals surface area (Å²) in [7, 11) is 0. The number of fused-ring (bicyclic) bond motifs is 4. The molecule has 0 aliphatic carbocycles. The fraction of sp³-hybridized carbons (Fsp3) is 0.263. The van der Waals surface area contributed by atoms with Crippen LogP contribution >= 0.6 is 0 Å². The van der Waals surface area contributed by atoms with Crippen molar-refractivity contribution in [2.45, 2.75) is 12.6 Å². The van der Waals surface area contributed by atoms with E-state index in [4.69, 9.17) is 9.47 Å². The van der Waals surface area contributed by atoms with Crippen molar-refractivity contribution < 1.29 is 27.4 Å². The number of alkyl halides is 3. The molecule has 9 heteroatoms. The number of H-pyrrole nitrogens is 1. The minimum atomic E-state index is -4.57. The van der Waals surface area contributed by atoms with E-state index in [2.05, 4.69) is 15.5 Å². The van der Waals surface area contributed by atoms with Crippen molar-refractivity contribution in [2.75, 3.05) is 19.8 Å². The number of carbonyl (C=O) groups excluding carboxylic acids is 1. The number of halogens is 3. The van der Waals surface area contributed by atoms with Gasteiger partial charge in [0.2, 0.25) is 0 Å². The Balaban J connectivity index is 1.86. The third-order valence-corrected chi connectivity index (χ3v) is 4.32. The van der Waals surface area contributed by atoms with Crippen molar-refractivity contribution in [3.63, 3.8) is 0 Å². The van der Waals surface area contributed by atoms with Gasteiger partial charge >= 0.3 is 6.18 Å². The van der Waals surface area contributed by atoms with E-state index in [1.165, 1.54) is 6.07 Å². The minimum Gasteiger partial charge on any atom is -0.494 e. The van der Waals surface area contributed by atoms with Crippen molar-refractivity contribution in [1.29, 1.82) is 0 Å². The zero-order chi connectivity index (χ0) is 19.7. The van der Waals surface area contributed by atoms with Gasteiger partial charge in [-0.15, -0.1) is 0 Å². The molecule has 0 saturated heterocycles. The number of nitrogens with zero attached hydrogens (tertiary/aromatic N) is 1. The first-order chi connectivity index (χ1) is 13.4. The smallest absolute Gasteiger partial charge is 0.416 e. The zero-order valence-corrected chi connectivity index (χ0v) is 14.6. The molecule has 4 rings (SSSR count). The second-order valence-electron chi connectivity index (χ2n) is 6.36. The lowest BCUT2D eigenvalue weighted by Crippen LogP contribution is -2.30. The molecule has 0 radical (unpaired) electrons. The van der Waals surface area contributed by atoms with Gasteiger partial charge in [0.15, 0.2) is 6.61 Å². The second-order valence-corrected chi connectivity index (χ2v) is 6.36. The lowest BCUT2D eigenvalue weighted by atomic mass is 10.0. The molecule has 3 aromatic rings. The molecule has 0 fully saturated rings. The average Bonchev–Trinajstić information content (AvgIpc) is 3.08. The Kier molecular flexibility index (Phi) is 4.58. The standard InChI is InChI=1S/C19H16F3N3O3/c20-19(21,22)12-6-11-7-14(8-12)28-10-17(26)23-4-1-5-27-13-2-3-16-15(9-13)18(11)25-24-16/h2-3,6-9H,1,4-5,10H2,(H,23,26)(H,24,25). The highest BCUT2D eigenvalue weighted by Crippen LogP contribution is 2.37. The maximum absolute atomic E-state index is 13.4. The van der Waals surface area contributed by atoms with Gasteiger partial charge in [-0.05, 0) is 42.8 Å². The van der Waals surface area contributed by atoms with Crippen LogP contribution in [0.4, 0.5) is 13.2 Å². The summed E-state index contributed by atoms with van der Waals surface area (Å²) in [6.45, 7) is 0.367. The summed E-state index contributed by atoms with van der Waals surface area (Å²) in [5, 5.41) is 10.3. The Labute approximate surface area is 157 Å². The van der Waals surface area contributed by atoms with Crippen LogP contribution in [-0.4, -0.2) is 35.9 Å². The highest BCUT2D eigenvalue weighted by molar-refractivity contribution is 5.94. The maximum Gasteiger partial charge on any atom is 0.416 e. The van der Waals surface area contributed by atoms with Crippen LogP contribution in [0.2, 0.25) is 0 Å². The predicted octanol–water partition coefficient (Wildman–Crippen LogP) is 3.53. The molecule has 1 aliphatic heterocycles. The quantitative estimate of drug-likeness (QED) is 0.615. The van der Waals surface area contributed by atoms with Crippen molar-refractivity contribution in [3.8, 4) is 22.8 Å². The number of carbonyl (C=O) groups is 1.